The summed E-state index contributed by atoms with van der Waals surface area (Å²) in [5.41, 5.74) is 0.272. The Morgan fingerprint density at radius 3 is 2.64 bits per heavy atom. The summed E-state index contributed by atoms with van der Waals surface area (Å²) in [5, 5.41) is 8.47. The van der Waals surface area contributed by atoms with Crippen LogP contribution in [-0.2, 0) is 0 Å². The van der Waals surface area contributed by atoms with Gasteiger partial charge >= 0.3 is 0 Å². The molecule has 0 aliphatic carbocycles. The molecule has 1 N–H and O–H groups in total. The van der Waals surface area contributed by atoms with E-state index in [-0.39, 0.29) is 12.2 Å². The highest BCUT2D eigenvalue weighted by Gasteiger charge is 2.09. The van der Waals surface area contributed by atoms with Crippen LogP contribution >= 0.6 is 0 Å². The normalized spacial score (nSPS) is 9.71. The summed E-state index contributed by atoms with van der Waals surface area (Å²) in [6.45, 7) is -0.0517. The van der Waals surface area contributed by atoms with E-state index >= 15 is 0 Å². The smallest absolute Gasteiger partial charge is 0.265 e. The first-order chi connectivity index (χ1) is 6.75. The van der Waals surface area contributed by atoms with E-state index in [2.05, 4.69) is 11.8 Å². The van der Waals surface area contributed by atoms with E-state index in [9.17, 15) is 8.78 Å². The Kier molecular flexibility index (Phi) is 4.09. The predicted molar refractivity (Wildman–Crippen MR) is 50.0 cm³/mol. The minimum atomic E-state index is -2.50. The highest BCUT2D eigenvalue weighted by molar-refractivity contribution is 5.41. The zero-order valence-electron chi connectivity index (χ0n) is 7.50. The van der Waals surface area contributed by atoms with E-state index in [1.165, 1.54) is 6.07 Å². The molecule has 0 saturated heterocycles. The maximum Gasteiger partial charge on any atom is 0.265 e. The molecule has 0 aliphatic heterocycles. The van der Waals surface area contributed by atoms with Crippen molar-refractivity contribution in [1.29, 1.82) is 0 Å². The van der Waals surface area contributed by atoms with Gasteiger partial charge in [0.2, 0.25) is 0 Å². The third-order valence-corrected chi connectivity index (χ3v) is 1.66. The van der Waals surface area contributed by atoms with Crippen molar-refractivity contribution in [3.63, 3.8) is 0 Å². The molecule has 14 heavy (non-hydrogen) atoms. The fourth-order valence-electron chi connectivity index (χ4n) is 1.01. The van der Waals surface area contributed by atoms with Gasteiger partial charge in [0.25, 0.3) is 6.43 Å². The van der Waals surface area contributed by atoms with Crippen molar-refractivity contribution in [3.05, 3.63) is 35.4 Å². The Balaban J connectivity index is 2.92. The van der Waals surface area contributed by atoms with E-state index in [1.54, 1.807) is 18.2 Å². The summed E-state index contributed by atoms with van der Waals surface area (Å²) < 4.78 is 24.8. The van der Waals surface area contributed by atoms with Gasteiger partial charge in [-0.3, -0.25) is 0 Å². The summed E-state index contributed by atoms with van der Waals surface area (Å²) in [4.78, 5) is 0. The van der Waals surface area contributed by atoms with Crippen molar-refractivity contribution in [3.8, 4) is 11.8 Å². The summed E-state index contributed by atoms with van der Waals surface area (Å²) >= 11 is 0. The molecule has 0 aliphatic rings. The molecular weight excluding hydrogens is 186 g/mol. The Bertz CT molecular complexity index is 350. The van der Waals surface area contributed by atoms with Crippen LogP contribution in [0.5, 0.6) is 0 Å². The van der Waals surface area contributed by atoms with E-state index in [4.69, 9.17) is 5.11 Å². The van der Waals surface area contributed by atoms with E-state index < -0.39 is 6.43 Å². The molecule has 1 nitrogen and oxygen atoms in total. The van der Waals surface area contributed by atoms with Gasteiger partial charge in [-0.25, -0.2) is 8.78 Å². The average Bonchev–Trinajstić information content (AvgIpc) is 2.19. The molecule has 0 amide bonds. The van der Waals surface area contributed by atoms with Crippen molar-refractivity contribution >= 4 is 0 Å². The standard InChI is InChI=1S/C11H10F2O/c12-11(13)10-7-2-1-5-9(10)6-3-4-8-14/h1-2,5,7,11,14H,4,8H2. The molecule has 0 aromatic heterocycles. The summed E-state index contributed by atoms with van der Waals surface area (Å²) in [6, 6.07) is 6.12. The molecule has 0 saturated carbocycles. The molecule has 0 spiro atoms. The number of hydrogen-bond donors (Lipinski definition) is 1. The number of alkyl halides is 2. The lowest BCUT2D eigenvalue weighted by Crippen LogP contribution is -1.89. The van der Waals surface area contributed by atoms with Crippen molar-refractivity contribution in [2.24, 2.45) is 0 Å². The molecular formula is C11H10F2O. The van der Waals surface area contributed by atoms with Gasteiger partial charge in [0.05, 0.1) is 6.61 Å². The fourth-order valence-corrected chi connectivity index (χ4v) is 1.01. The van der Waals surface area contributed by atoms with E-state index in [1.807, 2.05) is 0 Å². The molecule has 74 valence electrons. The number of aliphatic hydroxyl groups is 1. The van der Waals surface area contributed by atoms with Crippen molar-refractivity contribution < 1.29 is 13.9 Å². The maximum absolute atomic E-state index is 12.4. The zero-order chi connectivity index (χ0) is 10.4. The Morgan fingerprint density at radius 1 is 1.29 bits per heavy atom. The number of aliphatic hydroxyl groups excluding tert-OH is 1. The van der Waals surface area contributed by atoms with Crippen LogP contribution in [0.4, 0.5) is 8.78 Å². The first-order valence-electron chi connectivity index (χ1n) is 4.22. The van der Waals surface area contributed by atoms with Gasteiger partial charge in [-0.2, -0.15) is 0 Å². The molecule has 0 atom stereocenters. The zero-order valence-corrected chi connectivity index (χ0v) is 7.50. The molecule has 1 aromatic carbocycles. The lowest BCUT2D eigenvalue weighted by Gasteiger charge is -2.01. The second kappa shape index (κ2) is 5.36. The van der Waals surface area contributed by atoms with Gasteiger partial charge in [-0.15, -0.1) is 0 Å². The summed E-state index contributed by atoms with van der Waals surface area (Å²) in [6.07, 6.45) is -2.20. The molecule has 0 heterocycles. The van der Waals surface area contributed by atoms with Gasteiger partial charge in [-0.05, 0) is 6.07 Å². The Morgan fingerprint density at radius 2 is 2.00 bits per heavy atom. The SMILES string of the molecule is OCCC#Cc1ccccc1C(F)F. The quantitative estimate of drug-likeness (QED) is 0.720. The van der Waals surface area contributed by atoms with Gasteiger partial charge in [0.15, 0.2) is 0 Å². The molecule has 0 fully saturated rings. The lowest BCUT2D eigenvalue weighted by atomic mass is 10.1. The minimum Gasteiger partial charge on any atom is -0.395 e. The predicted octanol–water partition coefficient (Wildman–Crippen LogP) is 2.36. The number of halogens is 2. The number of benzene rings is 1. The number of rotatable bonds is 2. The monoisotopic (exact) mass is 196 g/mol. The van der Waals surface area contributed by atoms with Crippen LogP contribution in [-0.4, -0.2) is 11.7 Å². The first kappa shape index (κ1) is 10.7. The molecule has 1 aromatic rings. The van der Waals surface area contributed by atoms with E-state index in [0.29, 0.717) is 12.0 Å². The second-order valence-corrected chi connectivity index (χ2v) is 2.66. The Labute approximate surface area is 81.4 Å². The third kappa shape index (κ3) is 2.82. The van der Waals surface area contributed by atoms with Gasteiger partial charge in [0, 0.05) is 17.5 Å². The third-order valence-electron chi connectivity index (χ3n) is 1.66. The topological polar surface area (TPSA) is 20.2 Å². The summed E-state index contributed by atoms with van der Waals surface area (Å²) in [7, 11) is 0. The molecule has 1 rings (SSSR count). The van der Waals surface area contributed by atoms with Gasteiger partial charge in [0.1, 0.15) is 0 Å². The lowest BCUT2D eigenvalue weighted by molar-refractivity contribution is 0.151. The fraction of sp³-hybridized carbons (Fsp3) is 0.273. The van der Waals surface area contributed by atoms with E-state index in [0.717, 1.165) is 0 Å². The molecule has 0 bridgehead atoms. The number of hydrogen-bond acceptors (Lipinski definition) is 1. The summed E-state index contributed by atoms with van der Waals surface area (Å²) in [5.74, 6) is 5.22. The Hall–Kier alpha value is -1.40. The van der Waals surface area contributed by atoms with Crippen LogP contribution in [0.2, 0.25) is 0 Å². The average molecular weight is 196 g/mol. The van der Waals surface area contributed by atoms with Crippen LogP contribution in [0, 0.1) is 11.8 Å². The van der Waals surface area contributed by atoms with Crippen molar-refractivity contribution in [1.82, 2.24) is 0 Å². The molecule has 0 radical (unpaired) electrons. The van der Waals surface area contributed by atoms with Crippen LogP contribution in [0.1, 0.15) is 24.0 Å². The second-order valence-electron chi connectivity index (χ2n) is 2.66. The highest BCUT2D eigenvalue weighted by Crippen LogP contribution is 2.21. The maximum atomic E-state index is 12.4. The van der Waals surface area contributed by atoms with Crippen molar-refractivity contribution in [2.45, 2.75) is 12.8 Å². The first-order valence-corrected chi connectivity index (χ1v) is 4.22. The van der Waals surface area contributed by atoms with Gasteiger partial charge < -0.3 is 5.11 Å². The van der Waals surface area contributed by atoms with Crippen LogP contribution < -0.4 is 0 Å². The minimum absolute atomic E-state index is 0.0517. The molecule has 3 heteroatoms. The van der Waals surface area contributed by atoms with Crippen molar-refractivity contribution in [2.75, 3.05) is 6.61 Å². The molecule has 0 unspecified atom stereocenters. The highest BCUT2D eigenvalue weighted by atomic mass is 19.3. The van der Waals surface area contributed by atoms with Gasteiger partial charge in [-0.1, -0.05) is 30.0 Å². The largest absolute Gasteiger partial charge is 0.395 e. The van der Waals surface area contributed by atoms with Crippen LogP contribution in [0.15, 0.2) is 24.3 Å². The van der Waals surface area contributed by atoms with Crippen LogP contribution in [0.3, 0.4) is 0 Å². The van der Waals surface area contributed by atoms with Crippen LogP contribution in [0.25, 0.3) is 0 Å².